The minimum Gasteiger partial charge on any atom is -0.479 e. The zero-order valence-electron chi connectivity index (χ0n) is 11.1. The van der Waals surface area contributed by atoms with Crippen molar-refractivity contribution < 1.29 is 19.5 Å². The number of piperidine rings is 1. The summed E-state index contributed by atoms with van der Waals surface area (Å²) in [4.78, 5) is 28.1. The summed E-state index contributed by atoms with van der Waals surface area (Å²) in [5.41, 5.74) is 2.51. The lowest BCUT2D eigenvalue weighted by Crippen LogP contribution is -2.47. The predicted octanol–water partition coefficient (Wildman–Crippen LogP) is 1.61. The molecule has 0 radical (unpaired) electrons. The van der Waals surface area contributed by atoms with Gasteiger partial charge in [-0.15, -0.1) is 0 Å². The number of nitrogens with zero attached hydrogens (tertiary/aromatic N) is 1. The summed E-state index contributed by atoms with van der Waals surface area (Å²) in [6, 6.07) is -0.350. The Balaban J connectivity index is 2.33. The number of rotatable bonds is 5. The van der Waals surface area contributed by atoms with Crippen LogP contribution in [0.15, 0.2) is 0 Å². The van der Waals surface area contributed by atoms with E-state index in [1.54, 1.807) is 4.90 Å². The molecule has 1 rings (SSSR count). The predicted molar refractivity (Wildman–Crippen MR) is 65.9 cm³/mol. The molecule has 6 heteroatoms. The van der Waals surface area contributed by atoms with Crippen molar-refractivity contribution in [3.63, 3.8) is 0 Å². The van der Waals surface area contributed by atoms with Crippen molar-refractivity contribution in [2.75, 3.05) is 19.7 Å². The van der Waals surface area contributed by atoms with Gasteiger partial charge in [0.25, 0.3) is 0 Å². The number of hydrogen-bond donors (Lipinski definition) is 2. The Morgan fingerprint density at radius 3 is 2.28 bits per heavy atom. The van der Waals surface area contributed by atoms with Gasteiger partial charge in [0.2, 0.25) is 0 Å². The number of likely N-dealkylation sites (tertiary alicyclic amines) is 1. The lowest BCUT2D eigenvalue weighted by atomic mass is 9.74. The molecule has 0 saturated carbocycles. The summed E-state index contributed by atoms with van der Waals surface area (Å²) in [7, 11) is 0. The Morgan fingerprint density at radius 2 is 1.83 bits per heavy atom. The van der Waals surface area contributed by atoms with Crippen LogP contribution < -0.4 is 5.48 Å². The quantitative estimate of drug-likeness (QED) is 0.734. The molecule has 6 nitrogen and oxygen atoms in total. The fourth-order valence-corrected chi connectivity index (χ4v) is 2.37. The maximum atomic E-state index is 11.7. The van der Waals surface area contributed by atoms with Gasteiger partial charge in [0.15, 0.2) is 6.61 Å². The van der Waals surface area contributed by atoms with Crippen molar-refractivity contribution in [3.8, 4) is 0 Å². The van der Waals surface area contributed by atoms with E-state index in [1.807, 2.05) is 0 Å². The normalized spacial score (nSPS) is 18.4. The van der Waals surface area contributed by atoms with Gasteiger partial charge >= 0.3 is 12.0 Å². The third-order valence-electron chi connectivity index (χ3n) is 3.97. The number of carbonyl (C=O) groups excluding carboxylic acids is 1. The standard InChI is InChI=1S/C12H22N2O4/c1-3-12(4-2)5-7-14(8-6-12)11(17)13-18-9-10(15)16/h3-9H2,1-2H3,(H,13,17)(H,15,16). The first-order chi connectivity index (χ1) is 8.53. The molecule has 104 valence electrons. The second-order valence-corrected chi connectivity index (χ2v) is 4.78. The Morgan fingerprint density at radius 1 is 1.28 bits per heavy atom. The minimum absolute atomic E-state index is 0.350. The molecule has 0 aromatic rings. The first-order valence-electron chi connectivity index (χ1n) is 6.41. The van der Waals surface area contributed by atoms with Crippen LogP contribution in [0.25, 0.3) is 0 Å². The Hall–Kier alpha value is -1.30. The van der Waals surface area contributed by atoms with Crippen molar-refractivity contribution in [2.45, 2.75) is 39.5 Å². The van der Waals surface area contributed by atoms with Crippen molar-refractivity contribution in [1.29, 1.82) is 0 Å². The highest BCUT2D eigenvalue weighted by atomic mass is 16.7. The van der Waals surface area contributed by atoms with Gasteiger partial charge in [0.05, 0.1) is 0 Å². The number of carboxylic acids is 1. The molecular formula is C12H22N2O4. The molecule has 1 saturated heterocycles. The van der Waals surface area contributed by atoms with Gasteiger partial charge in [0, 0.05) is 13.1 Å². The van der Waals surface area contributed by atoms with E-state index >= 15 is 0 Å². The van der Waals surface area contributed by atoms with Crippen LogP contribution in [0.4, 0.5) is 4.79 Å². The summed E-state index contributed by atoms with van der Waals surface area (Å²) in [5.74, 6) is -1.11. The van der Waals surface area contributed by atoms with E-state index in [0.29, 0.717) is 18.5 Å². The van der Waals surface area contributed by atoms with E-state index < -0.39 is 12.6 Å². The van der Waals surface area contributed by atoms with E-state index in [1.165, 1.54) is 0 Å². The van der Waals surface area contributed by atoms with Crippen molar-refractivity contribution in [3.05, 3.63) is 0 Å². The second kappa shape index (κ2) is 6.58. The Kier molecular flexibility index (Phi) is 5.40. The molecule has 0 bridgehead atoms. The van der Waals surface area contributed by atoms with Crippen LogP contribution in [0.2, 0.25) is 0 Å². The molecule has 1 heterocycles. The van der Waals surface area contributed by atoms with Gasteiger partial charge in [-0.2, -0.15) is 0 Å². The summed E-state index contributed by atoms with van der Waals surface area (Å²) in [5, 5.41) is 8.38. The van der Waals surface area contributed by atoms with Gasteiger partial charge in [-0.1, -0.05) is 26.7 Å². The Labute approximate surface area is 107 Å². The largest absolute Gasteiger partial charge is 0.479 e. The van der Waals surface area contributed by atoms with Gasteiger partial charge in [0.1, 0.15) is 0 Å². The first-order valence-corrected chi connectivity index (χ1v) is 6.41. The van der Waals surface area contributed by atoms with Crippen molar-refractivity contribution in [1.82, 2.24) is 10.4 Å². The zero-order valence-corrected chi connectivity index (χ0v) is 11.1. The lowest BCUT2D eigenvalue weighted by molar-refractivity contribution is -0.144. The zero-order chi connectivity index (χ0) is 13.6. The van der Waals surface area contributed by atoms with Crippen LogP contribution >= 0.6 is 0 Å². The number of carbonyl (C=O) groups is 2. The van der Waals surface area contributed by atoms with Crippen molar-refractivity contribution in [2.24, 2.45) is 5.41 Å². The van der Waals surface area contributed by atoms with Crippen LogP contribution in [0.1, 0.15) is 39.5 Å². The summed E-state index contributed by atoms with van der Waals surface area (Å²) in [6.45, 7) is 5.26. The number of nitrogens with one attached hydrogen (secondary N) is 1. The summed E-state index contributed by atoms with van der Waals surface area (Å²) in [6.07, 6.45) is 4.25. The maximum Gasteiger partial charge on any atom is 0.341 e. The van der Waals surface area contributed by atoms with E-state index in [9.17, 15) is 9.59 Å². The molecule has 0 aliphatic carbocycles. The van der Waals surface area contributed by atoms with E-state index in [2.05, 4.69) is 24.2 Å². The molecule has 1 aliphatic rings. The molecule has 1 aliphatic heterocycles. The van der Waals surface area contributed by atoms with Crippen LogP contribution in [0.3, 0.4) is 0 Å². The van der Waals surface area contributed by atoms with E-state index in [4.69, 9.17) is 5.11 Å². The Bertz CT molecular complexity index is 292. The minimum atomic E-state index is -1.11. The third kappa shape index (κ3) is 3.87. The number of amides is 2. The smallest absolute Gasteiger partial charge is 0.341 e. The average molecular weight is 258 g/mol. The third-order valence-corrected chi connectivity index (χ3v) is 3.97. The topological polar surface area (TPSA) is 78.9 Å². The number of hydrogen-bond acceptors (Lipinski definition) is 3. The maximum absolute atomic E-state index is 11.7. The molecule has 0 spiro atoms. The molecule has 2 N–H and O–H groups in total. The average Bonchev–Trinajstić information content (AvgIpc) is 2.38. The van der Waals surface area contributed by atoms with Crippen LogP contribution in [0.5, 0.6) is 0 Å². The monoisotopic (exact) mass is 258 g/mol. The summed E-state index contributed by atoms with van der Waals surface area (Å²) < 4.78 is 0. The molecule has 18 heavy (non-hydrogen) atoms. The number of hydroxylamine groups is 1. The highest BCUT2D eigenvalue weighted by Gasteiger charge is 2.32. The second-order valence-electron chi connectivity index (χ2n) is 4.78. The number of carboxylic acid groups (broad SMARTS) is 1. The molecule has 0 atom stereocenters. The van der Waals surface area contributed by atoms with Crippen LogP contribution in [0, 0.1) is 5.41 Å². The van der Waals surface area contributed by atoms with Crippen LogP contribution in [-0.4, -0.2) is 41.7 Å². The highest BCUT2D eigenvalue weighted by molar-refractivity contribution is 5.73. The van der Waals surface area contributed by atoms with Gasteiger partial charge in [-0.05, 0) is 18.3 Å². The van der Waals surface area contributed by atoms with E-state index in [-0.39, 0.29) is 6.03 Å². The van der Waals surface area contributed by atoms with Gasteiger partial charge in [-0.25, -0.2) is 15.1 Å². The van der Waals surface area contributed by atoms with E-state index in [0.717, 1.165) is 25.7 Å². The molecule has 0 unspecified atom stereocenters. The van der Waals surface area contributed by atoms with Crippen molar-refractivity contribution >= 4 is 12.0 Å². The number of aliphatic carboxylic acids is 1. The van der Waals surface area contributed by atoms with Crippen LogP contribution in [-0.2, 0) is 9.63 Å². The SMILES string of the molecule is CCC1(CC)CCN(C(=O)NOCC(=O)O)CC1. The summed E-state index contributed by atoms with van der Waals surface area (Å²) >= 11 is 0. The molecule has 2 amide bonds. The first kappa shape index (κ1) is 14.8. The lowest BCUT2D eigenvalue weighted by Gasteiger charge is -2.40. The highest BCUT2D eigenvalue weighted by Crippen LogP contribution is 2.37. The molecule has 1 fully saturated rings. The molecule has 0 aromatic carbocycles. The molecular weight excluding hydrogens is 236 g/mol. The number of urea groups is 1. The molecule has 0 aromatic heterocycles. The van der Waals surface area contributed by atoms with Gasteiger partial charge < -0.3 is 10.0 Å². The fourth-order valence-electron chi connectivity index (χ4n) is 2.37. The fraction of sp³-hybridized carbons (Fsp3) is 0.833. The van der Waals surface area contributed by atoms with Gasteiger partial charge in [-0.3, -0.25) is 4.84 Å².